The van der Waals surface area contributed by atoms with Crippen LogP contribution in [0.5, 0.6) is 0 Å². The first-order valence-corrected chi connectivity index (χ1v) is 6.80. The van der Waals surface area contributed by atoms with Gasteiger partial charge in [-0.25, -0.2) is 0 Å². The van der Waals surface area contributed by atoms with Crippen LogP contribution in [0.3, 0.4) is 0 Å². The minimum Gasteiger partial charge on any atom is -0.468 e. The SMILES string of the molecule is COC(=O)CN/C=C(/C#N)C(=O)Nc1ccccc1C(C)C. The van der Waals surface area contributed by atoms with Gasteiger partial charge in [0.25, 0.3) is 5.91 Å². The van der Waals surface area contributed by atoms with Gasteiger partial charge in [0.05, 0.1) is 7.11 Å². The molecular formula is C16H19N3O3. The molecule has 0 fully saturated rings. The van der Waals surface area contributed by atoms with Crippen LogP contribution in [-0.2, 0) is 14.3 Å². The van der Waals surface area contributed by atoms with Gasteiger partial charge in [-0.2, -0.15) is 5.26 Å². The third-order valence-electron chi connectivity index (χ3n) is 2.92. The van der Waals surface area contributed by atoms with Gasteiger partial charge in [0, 0.05) is 11.9 Å². The quantitative estimate of drug-likeness (QED) is 0.476. The number of nitrogens with zero attached hydrogens (tertiary/aromatic N) is 1. The van der Waals surface area contributed by atoms with E-state index in [9.17, 15) is 9.59 Å². The molecule has 1 amide bonds. The highest BCUT2D eigenvalue weighted by Crippen LogP contribution is 2.23. The highest BCUT2D eigenvalue weighted by Gasteiger charge is 2.13. The predicted octanol–water partition coefficient (Wildman–Crippen LogP) is 1.92. The van der Waals surface area contributed by atoms with E-state index in [1.54, 1.807) is 12.1 Å². The molecule has 0 bridgehead atoms. The Morgan fingerprint density at radius 2 is 2.05 bits per heavy atom. The number of nitrogens with one attached hydrogen (secondary N) is 2. The van der Waals surface area contributed by atoms with Gasteiger partial charge in [-0.05, 0) is 17.5 Å². The van der Waals surface area contributed by atoms with Crippen molar-refractivity contribution < 1.29 is 14.3 Å². The zero-order valence-corrected chi connectivity index (χ0v) is 12.8. The summed E-state index contributed by atoms with van der Waals surface area (Å²) in [5, 5.41) is 14.3. The summed E-state index contributed by atoms with van der Waals surface area (Å²) in [6.07, 6.45) is 1.20. The fourth-order valence-corrected chi connectivity index (χ4v) is 1.76. The van der Waals surface area contributed by atoms with Crippen molar-refractivity contribution >= 4 is 17.6 Å². The van der Waals surface area contributed by atoms with Gasteiger partial charge in [-0.15, -0.1) is 0 Å². The molecule has 2 N–H and O–H groups in total. The summed E-state index contributed by atoms with van der Waals surface area (Å²) >= 11 is 0. The zero-order valence-electron chi connectivity index (χ0n) is 12.8. The molecule has 1 aromatic carbocycles. The number of nitriles is 1. The number of hydrogen-bond acceptors (Lipinski definition) is 5. The van der Waals surface area contributed by atoms with Crippen molar-refractivity contribution in [3.8, 4) is 6.07 Å². The predicted molar refractivity (Wildman–Crippen MR) is 82.9 cm³/mol. The molecule has 116 valence electrons. The molecular weight excluding hydrogens is 282 g/mol. The summed E-state index contributed by atoms with van der Waals surface area (Å²) in [6, 6.07) is 9.21. The van der Waals surface area contributed by atoms with E-state index in [1.807, 2.05) is 32.0 Å². The number of carbonyl (C=O) groups excluding carboxylic acids is 2. The van der Waals surface area contributed by atoms with E-state index >= 15 is 0 Å². The van der Waals surface area contributed by atoms with Crippen LogP contribution >= 0.6 is 0 Å². The highest BCUT2D eigenvalue weighted by molar-refractivity contribution is 6.06. The average molecular weight is 301 g/mol. The van der Waals surface area contributed by atoms with E-state index in [1.165, 1.54) is 13.3 Å². The van der Waals surface area contributed by atoms with Gasteiger partial charge >= 0.3 is 5.97 Å². The largest absolute Gasteiger partial charge is 0.468 e. The zero-order chi connectivity index (χ0) is 16.5. The molecule has 1 rings (SSSR count). The van der Waals surface area contributed by atoms with Crippen LogP contribution in [0.4, 0.5) is 5.69 Å². The lowest BCUT2D eigenvalue weighted by Crippen LogP contribution is -2.22. The van der Waals surface area contributed by atoms with Crippen molar-refractivity contribution in [3.05, 3.63) is 41.6 Å². The van der Waals surface area contributed by atoms with Gasteiger partial charge in [-0.3, -0.25) is 9.59 Å². The Labute approximate surface area is 129 Å². The van der Waals surface area contributed by atoms with Crippen molar-refractivity contribution in [2.24, 2.45) is 0 Å². The van der Waals surface area contributed by atoms with E-state index in [0.29, 0.717) is 5.69 Å². The second-order valence-corrected chi connectivity index (χ2v) is 4.82. The molecule has 0 aliphatic rings. The number of benzene rings is 1. The van der Waals surface area contributed by atoms with Crippen LogP contribution in [0, 0.1) is 11.3 Å². The smallest absolute Gasteiger partial charge is 0.325 e. The molecule has 6 nitrogen and oxygen atoms in total. The number of rotatable bonds is 6. The van der Waals surface area contributed by atoms with Crippen molar-refractivity contribution in [3.63, 3.8) is 0 Å². The number of hydrogen-bond donors (Lipinski definition) is 2. The van der Waals surface area contributed by atoms with Crippen LogP contribution in [0.2, 0.25) is 0 Å². The van der Waals surface area contributed by atoms with E-state index in [0.717, 1.165) is 5.56 Å². The highest BCUT2D eigenvalue weighted by atomic mass is 16.5. The summed E-state index contributed by atoms with van der Waals surface area (Å²) in [5.41, 5.74) is 1.52. The third-order valence-corrected chi connectivity index (χ3v) is 2.92. The molecule has 0 aliphatic heterocycles. The number of methoxy groups -OCH3 is 1. The maximum Gasteiger partial charge on any atom is 0.325 e. The van der Waals surface area contributed by atoms with Crippen LogP contribution in [0.25, 0.3) is 0 Å². The van der Waals surface area contributed by atoms with Gasteiger partial charge in [0.15, 0.2) is 0 Å². The first kappa shape index (κ1) is 17.2. The second kappa shape index (κ2) is 8.47. The minimum absolute atomic E-state index is 0.114. The lowest BCUT2D eigenvalue weighted by atomic mass is 10.0. The molecule has 0 saturated heterocycles. The topological polar surface area (TPSA) is 91.2 Å². The number of carbonyl (C=O) groups is 2. The average Bonchev–Trinajstić information content (AvgIpc) is 2.51. The first-order chi connectivity index (χ1) is 10.5. The monoisotopic (exact) mass is 301 g/mol. The van der Waals surface area contributed by atoms with Crippen LogP contribution in [0.1, 0.15) is 25.3 Å². The van der Waals surface area contributed by atoms with E-state index in [-0.39, 0.29) is 18.0 Å². The molecule has 0 unspecified atom stereocenters. The summed E-state index contributed by atoms with van der Waals surface area (Å²) in [5.74, 6) is -0.782. The first-order valence-electron chi connectivity index (χ1n) is 6.80. The summed E-state index contributed by atoms with van der Waals surface area (Å²) in [6.45, 7) is 3.92. The Hall–Kier alpha value is -2.81. The lowest BCUT2D eigenvalue weighted by Gasteiger charge is -2.13. The minimum atomic E-state index is -0.534. The fraction of sp³-hybridized carbons (Fsp3) is 0.312. The number of para-hydroxylation sites is 1. The number of esters is 1. The van der Waals surface area contributed by atoms with Crippen LogP contribution < -0.4 is 10.6 Å². The van der Waals surface area contributed by atoms with Gasteiger partial charge in [0.1, 0.15) is 18.2 Å². The van der Waals surface area contributed by atoms with E-state index in [2.05, 4.69) is 15.4 Å². The Morgan fingerprint density at radius 1 is 1.36 bits per heavy atom. The third kappa shape index (κ3) is 4.94. The van der Waals surface area contributed by atoms with Crippen LogP contribution in [0.15, 0.2) is 36.0 Å². The maximum atomic E-state index is 12.1. The molecule has 0 atom stereocenters. The second-order valence-electron chi connectivity index (χ2n) is 4.82. The van der Waals surface area contributed by atoms with Gasteiger partial charge in [-0.1, -0.05) is 32.0 Å². The number of amides is 1. The number of anilines is 1. The molecule has 6 heteroatoms. The Balaban J connectivity index is 2.80. The van der Waals surface area contributed by atoms with Gasteiger partial charge < -0.3 is 15.4 Å². The molecule has 1 aromatic rings. The molecule has 0 aromatic heterocycles. The molecule has 0 aliphatic carbocycles. The lowest BCUT2D eigenvalue weighted by molar-refractivity contribution is -0.139. The molecule has 0 radical (unpaired) electrons. The molecule has 0 spiro atoms. The Morgan fingerprint density at radius 3 is 2.64 bits per heavy atom. The summed E-state index contributed by atoms with van der Waals surface area (Å²) in [7, 11) is 1.26. The molecule has 0 saturated carbocycles. The van der Waals surface area contributed by atoms with Crippen LogP contribution in [-0.4, -0.2) is 25.5 Å². The maximum absolute atomic E-state index is 12.1. The van der Waals surface area contributed by atoms with Crippen molar-refractivity contribution in [2.75, 3.05) is 19.0 Å². The molecule has 22 heavy (non-hydrogen) atoms. The van der Waals surface area contributed by atoms with Crippen molar-refractivity contribution in [1.29, 1.82) is 5.26 Å². The van der Waals surface area contributed by atoms with Crippen molar-refractivity contribution in [2.45, 2.75) is 19.8 Å². The summed E-state index contributed by atoms with van der Waals surface area (Å²) < 4.78 is 4.45. The molecule has 0 heterocycles. The Kier molecular flexibility index (Phi) is 6.64. The number of ether oxygens (including phenoxy) is 1. The normalized spacial score (nSPS) is 10.8. The van der Waals surface area contributed by atoms with E-state index < -0.39 is 11.9 Å². The van der Waals surface area contributed by atoms with Crippen molar-refractivity contribution in [1.82, 2.24) is 5.32 Å². The van der Waals surface area contributed by atoms with Gasteiger partial charge in [0.2, 0.25) is 0 Å². The fourth-order valence-electron chi connectivity index (χ4n) is 1.76. The Bertz CT molecular complexity index is 615. The standard InChI is InChI=1S/C16H19N3O3/c1-11(2)13-6-4-5-7-14(13)19-16(21)12(8-17)9-18-10-15(20)22-3/h4-7,9,11,18H,10H2,1-3H3,(H,19,21)/b12-9-. The summed E-state index contributed by atoms with van der Waals surface area (Å²) in [4.78, 5) is 23.1. The van der Waals surface area contributed by atoms with E-state index in [4.69, 9.17) is 5.26 Å².